The molecule has 1 atom stereocenters. The van der Waals surface area contributed by atoms with Crippen molar-refractivity contribution in [1.29, 1.82) is 0 Å². The highest BCUT2D eigenvalue weighted by molar-refractivity contribution is 7.07. The van der Waals surface area contributed by atoms with Crippen molar-refractivity contribution in [2.75, 3.05) is 0 Å². The Hall–Kier alpha value is -0.300. The minimum Gasteiger partial charge on any atom is -0.143 e. The fourth-order valence-corrected chi connectivity index (χ4v) is 2.03. The van der Waals surface area contributed by atoms with Gasteiger partial charge in [0, 0.05) is 5.38 Å². The summed E-state index contributed by atoms with van der Waals surface area (Å²) in [6, 6.07) is 2.19. The lowest BCUT2D eigenvalue weighted by atomic mass is 10.00. The molecule has 73 valence electrons. The van der Waals surface area contributed by atoms with E-state index in [0.29, 0.717) is 0 Å². The monoisotopic (exact) mass is 195 g/mol. The summed E-state index contributed by atoms with van der Waals surface area (Å²) in [5.74, 6) is 0.909. The van der Waals surface area contributed by atoms with Gasteiger partial charge in [-0.2, -0.15) is 0 Å². The van der Waals surface area contributed by atoms with Gasteiger partial charge in [-0.1, -0.05) is 33.1 Å². The van der Waals surface area contributed by atoms with Gasteiger partial charge in [0.2, 0.25) is 0 Å². The Labute approximate surface area is 86.0 Å². The van der Waals surface area contributed by atoms with Gasteiger partial charge in [0.25, 0.3) is 0 Å². The number of aryl methyl sites for hydroxylation is 1. The number of thiophene rings is 1. The van der Waals surface area contributed by atoms with Crippen molar-refractivity contribution in [3.63, 3.8) is 0 Å². The quantitative estimate of drug-likeness (QED) is 0.593. The molecule has 0 nitrogen and oxygen atoms in total. The summed E-state index contributed by atoms with van der Waals surface area (Å²) in [4.78, 5) is 0. The van der Waals surface area contributed by atoms with Gasteiger partial charge < -0.3 is 0 Å². The maximum absolute atomic E-state index is 3.28. The van der Waals surface area contributed by atoms with Crippen molar-refractivity contribution in [2.45, 2.75) is 46.0 Å². The van der Waals surface area contributed by atoms with Crippen LogP contribution in [0.2, 0.25) is 0 Å². The van der Waals surface area contributed by atoms with Crippen LogP contribution in [0.4, 0.5) is 0 Å². The number of hydrogen-bond donors (Lipinski definition) is 0. The first-order chi connectivity index (χ1) is 6.33. The molecule has 0 aliphatic carbocycles. The predicted octanol–water partition coefficient (Wildman–Crippen LogP) is 4.31. The molecule has 0 saturated heterocycles. The van der Waals surface area contributed by atoms with Crippen LogP contribution < -0.4 is 0 Å². The van der Waals surface area contributed by atoms with Crippen LogP contribution >= 0.6 is 11.3 Å². The molecule has 13 heavy (non-hydrogen) atoms. The SMILES string of the molecule is CCC(C)CCCCc1[c]scc1. The summed E-state index contributed by atoms with van der Waals surface area (Å²) in [6.45, 7) is 4.62. The molecule has 0 saturated carbocycles. The van der Waals surface area contributed by atoms with E-state index in [-0.39, 0.29) is 0 Å². The maximum atomic E-state index is 3.28. The van der Waals surface area contributed by atoms with Gasteiger partial charge in [-0.05, 0) is 35.8 Å². The molecule has 0 spiro atoms. The van der Waals surface area contributed by atoms with Crippen molar-refractivity contribution in [3.05, 3.63) is 22.4 Å². The Kier molecular flexibility index (Phi) is 5.14. The smallest absolute Gasteiger partial charge is 0.0477 e. The molecular weight excluding hydrogens is 176 g/mol. The Morgan fingerprint density at radius 1 is 1.46 bits per heavy atom. The highest BCUT2D eigenvalue weighted by Crippen LogP contribution is 2.14. The van der Waals surface area contributed by atoms with Gasteiger partial charge in [-0.3, -0.25) is 0 Å². The van der Waals surface area contributed by atoms with Crippen LogP contribution in [0.3, 0.4) is 0 Å². The fourth-order valence-electron chi connectivity index (χ4n) is 1.41. The molecule has 1 radical (unpaired) electrons. The first kappa shape index (κ1) is 10.8. The summed E-state index contributed by atoms with van der Waals surface area (Å²) >= 11 is 1.68. The second-order valence-corrected chi connectivity index (χ2v) is 4.52. The third kappa shape index (κ3) is 4.47. The molecule has 0 N–H and O–H groups in total. The standard InChI is InChI=1S/C12H19S/c1-3-11(2)6-4-5-7-12-8-9-13-10-12/h8-9,11H,3-7H2,1-2H3. The van der Waals surface area contributed by atoms with Crippen molar-refractivity contribution in [2.24, 2.45) is 5.92 Å². The van der Waals surface area contributed by atoms with Crippen LogP contribution in [-0.2, 0) is 6.42 Å². The zero-order valence-electron chi connectivity index (χ0n) is 8.68. The first-order valence-electron chi connectivity index (χ1n) is 5.27. The second-order valence-electron chi connectivity index (χ2n) is 3.81. The van der Waals surface area contributed by atoms with E-state index in [1.807, 2.05) is 0 Å². The number of unbranched alkanes of at least 4 members (excludes halogenated alkanes) is 1. The van der Waals surface area contributed by atoms with Gasteiger partial charge in [0.1, 0.15) is 0 Å². The first-order valence-corrected chi connectivity index (χ1v) is 6.15. The van der Waals surface area contributed by atoms with E-state index in [0.717, 1.165) is 5.92 Å². The molecule has 0 aliphatic heterocycles. The molecule has 1 heterocycles. The van der Waals surface area contributed by atoms with E-state index < -0.39 is 0 Å². The normalized spacial score (nSPS) is 13.1. The lowest BCUT2D eigenvalue weighted by molar-refractivity contribution is 0.485. The number of rotatable bonds is 6. The zero-order chi connectivity index (χ0) is 9.52. The van der Waals surface area contributed by atoms with Crippen LogP contribution in [0, 0.1) is 11.3 Å². The molecule has 1 rings (SSSR count). The van der Waals surface area contributed by atoms with Crippen molar-refractivity contribution in [1.82, 2.24) is 0 Å². The molecule has 0 aliphatic rings. The average Bonchev–Trinajstić information content (AvgIpc) is 2.64. The Morgan fingerprint density at radius 3 is 2.92 bits per heavy atom. The van der Waals surface area contributed by atoms with Gasteiger partial charge in [0.05, 0.1) is 0 Å². The molecule has 1 aromatic rings. The van der Waals surface area contributed by atoms with Crippen molar-refractivity contribution >= 4 is 11.3 Å². The van der Waals surface area contributed by atoms with E-state index in [1.165, 1.54) is 37.7 Å². The van der Waals surface area contributed by atoms with Gasteiger partial charge in [0.15, 0.2) is 0 Å². The lowest BCUT2D eigenvalue weighted by Crippen LogP contribution is -1.92. The molecule has 0 fully saturated rings. The minimum atomic E-state index is 0.909. The summed E-state index contributed by atoms with van der Waals surface area (Å²) < 4.78 is 0. The summed E-state index contributed by atoms with van der Waals surface area (Å²) in [5, 5.41) is 5.40. The molecule has 0 amide bonds. The largest absolute Gasteiger partial charge is 0.143 e. The molecule has 0 aromatic carbocycles. The molecule has 1 unspecified atom stereocenters. The van der Waals surface area contributed by atoms with Crippen molar-refractivity contribution < 1.29 is 0 Å². The van der Waals surface area contributed by atoms with E-state index in [9.17, 15) is 0 Å². The highest BCUT2D eigenvalue weighted by atomic mass is 32.1. The Balaban J connectivity index is 2.02. The van der Waals surface area contributed by atoms with Crippen LogP contribution in [0.1, 0.15) is 45.1 Å². The van der Waals surface area contributed by atoms with E-state index in [2.05, 4.69) is 30.7 Å². The topological polar surface area (TPSA) is 0 Å². The summed E-state index contributed by atoms with van der Waals surface area (Å²) in [6.07, 6.45) is 6.64. The van der Waals surface area contributed by atoms with Crippen LogP contribution in [-0.4, -0.2) is 0 Å². The average molecular weight is 195 g/mol. The third-order valence-corrected chi connectivity index (χ3v) is 3.27. The maximum Gasteiger partial charge on any atom is 0.0477 e. The molecule has 1 aromatic heterocycles. The zero-order valence-corrected chi connectivity index (χ0v) is 9.49. The predicted molar refractivity (Wildman–Crippen MR) is 60.2 cm³/mol. The summed E-state index contributed by atoms with van der Waals surface area (Å²) in [5.41, 5.74) is 1.40. The van der Waals surface area contributed by atoms with Gasteiger partial charge in [-0.15, -0.1) is 11.3 Å². The van der Waals surface area contributed by atoms with Crippen LogP contribution in [0.15, 0.2) is 11.4 Å². The van der Waals surface area contributed by atoms with E-state index in [4.69, 9.17) is 0 Å². The fraction of sp³-hybridized carbons (Fsp3) is 0.667. The molecule has 0 bridgehead atoms. The van der Waals surface area contributed by atoms with E-state index >= 15 is 0 Å². The lowest BCUT2D eigenvalue weighted by Gasteiger charge is -2.06. The summed E-state index contributed by atoms with van der Waals surface area (Å²) in [7, 11) is 0. The molecule has 1 heteroatoms. The van der Waals surface area contributed by atoms with Crippen molar-refractivity contribution in [3.8, 4) is 0 Å². The highest BCUT2D eigenvalue weighted by Gasteiger charge is 1.99. The minimum absolute atomic E-state index is 0.909. The Bertz CT molecular complexity index is 201. The second kappa shape index (κ2) is 6.20. The number of hydrogen-bond acceptors (Lipinski definition) is 1. The van der Waals surface area contributed by atoms with E-state index in [1.54, 1.807) is 11.3 Å². The molecular formula is C12H19S. The Morgan fingerprint density at radius 2 is 2.31 bits per heavy atom. The van der Waals surface area contributed by atoms with Crippen LogP contribution in [0.5, 0.6) is 0 Å². The third-order valence-electron chi connectivity index (χ3n) is 2.62. The van der Waals surface area contributed by atoms with Crippen LogP contribution in [0.25, 0.3) is 0 Å². The van der Waals surface area contributed by atoms with Gasteiger partial charge in [-0.25, -0.2) is 0 Å². The van der Waals surface area contributed by atoms with Gasteiger partial charge >= 0.3 is 0 Å².